The molecule has 0 unspecified atom stereocenters. The molecule has 0 aliphatic carbocycles. The number of rotatable bonds is 9. The average molecular weight is 399 g/mol. The molecule has 156 valence electrons. The summed E-state index contributed by atoms with van der Waals surface area (Å²) in [6, 6.07) is 5.85. The minimum atomic E-state index is -0.591. The van der Waals surface area contributed by atoms with Gasteiger partial charge >= 0.3 is 0 Å². The van der Waals surface area contributed by atoms with Crippen molar-refractivity contribution in [3.8, 4) is 0 Å². The second-order valence-corrected chi connectivity index (χ2v) is 7.06. The van der Waals surface area contributed by atoms with Crippen molar-refractivity contribution < 1.29 is 9.53 Å². The second kappa shape index (κ2) is 9.06. The fourth-order valence-electron chi connectivity index (χ4n) is 3.37. The maximum absolute atomic E-state index is 11.9. The van der Waals surface area contributed by atoms with Crippen molar-refractivity contribution in [1.29, 1.82) is 0 Å². The number of carbonyl (C=O) groups excluding carboxylic acids is 1. The molecule has 2 heterocycles. The van der Waals surface area contributed by atoms with Gasteiger partial charge in [0.15, 0.2) is 0 Å². The summed E-state index contributed by atoms with van der Waals surface area (Å²) in [5.74, 6) is 0.136. The highest BCUT2D eigenvalue weighted by atomic mass is 16.5. The molecular formula is C20H29N7O2. The number of anilines is 4. The SMILES string of the molecule is CCN1CCc2c(Nc3nc(NC[C@@H](N)[C@@H](C)OC)ncc3C(N)=O)cccc21. The highest BCUT2D eigenvalue weighted by molar-refractivity contribution is 5.98. The lowest BCUT2D eigenvalue weighted by molar-refractivity contribution is 0.0989. The Morgan fingerprint density at radius 3 is 2.90 bits per heavy atom. The van der Waals surface area contributed by atoms with Gasteiger partial charge < -0.3 is 31.7 Å². The molecule has 0 spiro atoms. The number of primary amides is 1. The number of nitrogens with one attached hydrogen (secondary N) is 2. The van der Waals surface area contributed by atoms with Gasteiger partial charge in [0.2, 0.25) is 5.95 Å². The van der Waals surface area contributed by atoms with Gasteiger partial charge in [0.1, 0.15) is 11.4 Å². The van der Waals surface area contributed by atoms with Crippen LogP contribution in [-0.2, 0) is 11.2 Å². The second-order valence-electron chi connectivity index (χ2n) is 7.06. The lowest BCUT2D eigenvalue weighted by Gasteiger charge is -2.19. The highest BCUT2D eigenvalue weighted by Crippen LogP contribution is 2.35. The fourth-order valence-corrected chi connectivity index (χ4v) is 3.37. The average Bonchev–Trinajstić information content (AvgIpc) is 3.15. The number of hydrogen-bond donors (Lipinski definition) is 4. The van der Waals surface area contributed by atoms with Crippen molar-refractivity contribution in [3.05, 3.63) is 35.5 Å². The van der Waals surface area contributed by atoms with Gasteiger partial charge in [-0.3, -0.25) is 4.79 Å². The van der Waals surface area contributed by atoms with E-state index in [1.54, 1.807) is 7.11 Å². The van der Waals surface area contributed by atoms with E-state index in [0.29, 0.717) is 18.3 Å². The van der Waals surface area contributed by atoms with Crippen LogP contribution in [0, 0.1) is 0 Å². The standard InChI is InChI=1S/C20H29N7O2/c1-4-27-9-8-13-16(6-5-7-17(13)27)25-19-14(18(22)28)10-23-20(26-19)24-11-15(21)12(2)29-3/h5-7,10,12,15H,4,8-9,11,21H2,1-3H3,(H2,22,28)(H2,23,24,25,26)/t12-,15-/m1/s1. The van der Waals surface area contributed by atoms with Gasteiger partial charge in [0.05, 0.1) is 6.10 Å². The summed E-state index contributed by atoms with van der Waals surface area (Å²) in [4.78, 5) is 22.9. The summed E-state index contributed by atoms with van der Waals surface area (Å²) < 4.78 is 5.23. The molecule has 6 N–H and O–H groups in total. The molecular weight excluding hydrogens is 370 g/mol. The first-order valence-electron chi connectivity index (χ1n) is 9.77. The van der Waals surface area contributed by atoms with E-state index in [0.717, 1.165) is 25.2 Å². The highest BCUT2D eigenvalue weighted by Gasteiger charge is 2.22. The molecule has 0 saturated heterocycles. The van der Waals surface area contributed by atoms with Crippen LogP contribution in [0.25, 0.3) is 0 Å². The molecule has 9 nitrogen and oxygen atoms in total. The monoisotopic (exact) mass is 399 g/mol. The van der Waals surface area contributed by atoms with Crippen LogP contribution in [0.4, 0.5) is 23.1 Å². The van der Waals surface area contributed by atoms with Crippen LogP contribution in [0.3, 0.4) is 0 Å². The zero-order chi connectivity index (χ0) is 21.0. The predicted molar refractivity (Wildman–Crippen MR) is 115 cm³/mol. The van der Waals surface area contributed by atoms with Crippen molar-refractivity contribution in [2.24, 2.45) is 11.5 Å². The van der Waals surface area contributed by atoms with Crippen LogP contribution in [-0.4, -0.2) is 54.8 Å². The summed E-state index contributed by atoms with van der Waals surface area (Å²) in [5.41, 5.74) is 15.1. The summed E-state index contributed by atoms with van der Waals surface area (Å²) in [6.45, 7) is 6.38. The molecule has 0 saturated carbocycles. The number of likely N-dealkylation sites (N-methyl/N-ethyl adjacent to an activating group) is 1. The molecule has 0 bridgehead atoms. The third-order valence-corrected chi connectivity index (χ3v) is 5.28. The Hall–Kier alpha value is -2.91. The molecule has 2 atom stereocenters. The summed E-state index contributed by atoms with van der Waals surface area (Å²) in [6.07, 6.45) is 2.24. The Kier molecular flexibility index (Phi) is 6.50. The van der Waals surface area contributed by atoms with E-state index in [-0.39, 0.29) is 17.7 Å². The van der Waals surface area contributed by atoms with Crippen LogP contribution in [0.5, 0.6) is 0 Å². The molecule has 1 aliphatic rings. The Labute approximate surface area is 170 Å². The number of carbonyl (C=O) groups is 1. The number of aromatic nitrogens is 2. The van der Waals surface area contributed by atoms with Gasteiger partial charge in [0.25, 0.3) is 5.91 Å². The Morgan fingerprint density at radius 2 is 2.21 bits per heavy atom. The van der Waals surface area contributed by atoms with Crippen molar-refractivity contribution in [2.75, 3.05) is 42.3 Å². The Morgan fingerprint density at radius 1 is 1.41 bits per heavy atom. The minimum Gasteiger partial charge on any atom is -0.380 e. The number of nitrogens with zero attached hydrogens (tertiary/aromatic N) is 3. The Bertz CT molecular complexity index is 874. The van der Waals surface area contributed by atoms with Crippen LogP contribution >= 0.6 is 0 Å². The maximum Gasteiger partial charge on any atom is 0.254 e. The summed E-state index contributed by atoms with van der Waals surface area (Å²) in [7, 11) is 1.61. The van der Waals surface area contributed by atoms with Crippen molar-refractivity contribution in [3.63, 3.8) is 0 Å². The van der Waals surface area contributed by atoms with E-state index in [1.165, 1.54) is 17.4 Å². The lowest BCUT2D eigenvalue weighted by Crippen LogP contribution is -2.40. The molecule has 1 aliphatic heterocycles. The number of fused-ring (bicyclic) bond motifs is 1. The van der Waals surface area contributed by atoms with E-state index in [1.807, 2.05) is 19.1 Å². The van der Waals surface area contributed by atoms with Gasteiger partial charge in [-0.1, -0.05) is 6.07 Å². The number of ether oxygens (including phenoxy) is 1. The maximum atomic E-state index is 11.9. The molecule has 1 aromatic heterocycles. The molecule has 2 aromatic rings. The number of nitrogens with two attached hydrogens (primary N) is 2. The molecule has 1 aromatic carbocycles. The summed E-state index contributed by atoms with van der Waals surface area (Å²) >= 11 is 0. The number of benzene rings is 1. The first-order valence-corrected chi connectivity index (χ1v) is 9.77. The predicted octanol–water partition coefficient (Wildman–Crippen LogP) is 1.48. The molecule has 1 amide bonds. The zero-order valence-electron chi connectivity index (χ0n) is 17.1. The van der Waals surface area contributed by atoms with Gasteiger partial charge in [-0.05, 0) is 32.4 Å². The number of hydrogen-bond acceptors (Lipinski definition) is 8. The van der Waals surface area contributed by atoms with Gasteiger partial charge in [0, 0.05) is 55.9 Å². The topological polar surface area (TPSA) is 131 Å². The largest absolute Gasteiger partial charge is 0.380 e. The van der Waals surface area contributed by atoms with Crippen molar-refractivity contribution >= 4 is 29.0 Å². The van der Waals surface area contributed by atoms with Crippen molar-refractivity contribution in [2.45, 2.75) is 32.4 Å². The zero-order valence-corrected chi connectivity index (χ0v) is 17.1. The summed E-state index contributed by atoms with van der Waals surface area (Å²) in [5, 5.41) is 6.38. The van der Waals surface area contributed by atoms with Gasteiger partial charge in [-0.2, -0.15) is 4.98 Å². The van der Waals surface area contributed by atoms with Gasteiger partial charge in [-0.15, -0.1) is 0 Å². The van der Waals surface area contributed by atoms with E-state index in [4.69, 9.17) is 16.2 Å². The normalized spacial score (nSPS) is 15.0. The van der Waals surface area contributed by atoms with Crippen molar-refractivity contribution in [1.82, 2.24) is 9.97 Å². The number of amides is 1. The van der Waals surface area contributed by atoms with E-state index >= 15 is 0 Å². The quantitative estimate of drug-likeness (QED) is 0.498. The van der Waals surface area contributed by atoms with Crippen LogP contribution in [0.1, 0.15) is 29.8 Å². The molecule has 3 rings (SSSR count). The van der Waals surface area contributed by atoms with Crippen LogP contribution in [0.2, 0.25) is 0 Å². The smallest absolute Gasteiger partial charge is 0.254 e. The minimum absolute atomic E-state index is 0.113. The third kappa shape index (κ3) is 4.57. The van der Waals surface area contributed by atoms with Crippen LogP contribution in [0.15, 0.2) is 24.4 Å². The third-order valence-electron chi connectivity index (χ3n) is 5.28. The number of methoxy groups -OCH3 is 1. The molecule has 9 heteroatoms. The molecule has 0 fully saturated rings. The first-order chi connectivity index (χ1) is 13.9. The fraction of sp³-hybridized carbons (Fsp3) is 0.450. The molecule has 29 heavy (non-hydrogen) atoms. The van der Waals surface area contributed by atoms with E-state index in [9.17, 15) is 4.79 Å². The van der Waals surface area contributed by atoms with Crippen LogP contribution < -0.4 is 27.0 Å². The lowest BCUT2D eigenvalue weighted by atomic mass is 10.1. The first kappa shape index (κ1) is 20.8. The van der Waals surface area contributed by atoms with E-state index < -0.39 is 5.91 Å². The van der Waals surface area contributed by atoms with Gasteiger partial charge in [-0.25, -0.2) is 4.98 Å². The molecule has 0 radical (unpaired) electrons. The Balaban J connectivity index is 1.85. The van der Waals surface area contributed by atoms with E-state index in [2.05, 4.69) is 38.5 Å².